The van der Waals surface area contributed by atoms with Crippen molar-refractivity contribution in [3.63, 3.8) is 0 Å². The Kier molecular flexibility index (Phi) is 8.41. The number of esters is 1. The van der Waals surface area contributed by atoms with Crippen molar-refractivity contribution in [1.82, 2.24) is 4.90 Å². The molecule has 0 heterocycles. The number of nitrogens with zero attached hydrogens (tertiary/aromatic N) is 2. The summed E-state index contributed by atoms with van der Waals surface area (Å²) in [5.74, 6) is -0.199. The van der Waals surface area contributed by atoms with Crippen molar-refractivity contribution in [1.29, 1.82) is 0 Å². The molecule has 0 aliphatic carbocycles. The summed E-state index contributed by atoms with van der Waals surface area (Å²) in [6.45, 7) is 6.97. The largest absolute Gasteiger partial charge is 0.423 e. The van der Waals surface area contributed by atoms with Gasteiger partial charge in [-0.15, -0.1) is 0 Å². The third-order valence-corrected chi connectivity index (χ3v) is 4.81. The monoisotopic (exact) mass is 410 g/mol. The van der Waals surface area contributed by atoms with Gasteiger partial charge in [0.2, 0.25) is 0 Å². The highest BCUT2D eigenvalue weighted by molar-refractivity contribution is 5.95. The maximum Gasteiger partial charge on any atom is 0.343 e. The van der Waals surface area contributed by atoms with Crippen LogP contribution in [0.1, 0.15) is 60.7 Å². The highest BCUT2D eigenvalue weighted by Gasteiger charge is 2.20. The zero-order valence-electron chi connectivity index (χ0n) is 17.8. The number of carbonyl (C=O) groups excluding carboxylic acids is 2. The molecule has 0 spiro atoms. The van der Waals surface area contributed by atoms with Crippen molar-refractivity contribution in [3.8, 4) is 5.75 Å². The Morgan fingerprint density at radius 2 is 1.60 bits per heavy atom. The van der Waals surface area contributed by atoms with Crippen molar-refractivity contribution < 1.29 is 14.3 Å². The van der Waals surface area contributed by atoms with E-state index < -0.39 is 5.97 Å². The van der Waals surface area contributed by atoms with E-state index >= 15 is 0 Å². The number of nitrogens with two attached hydrogens (primary N) is 2. The van der Waals surface area contributed by atoms with Gasteiger partial charge in [-0.05, 0) is 68.3 Å². The van der Waals surface area contributed by atoms with E-state index in [1.54, 1.807) is 48.5 Å². The molecule has 0 saturated carbocycles. The molecule has 0 radical (unpaired) electrons. The van der Waals surface area contributed by atoms with Crippen LogP contribution in [0.25, 0.3) is 0 Å². The lowest BCUT2D eigenvalue weighted by Gasteiger charge is -2.28. The van der Waals surface area contributed by atoms with Crippen molar-refractivity contribution in [2.75, 3.05) is 6.54 Å². The summed E-state index contributed by atoms with van der Waals surface area (Å²) in [6.07, 6.45) is 2.89. The van der Waals surface area contributed by atoms with Gasteiger partial charge in [-0.1, -0.05) is 20.3 Å². The maximum atomic E-state index is 12.9. The molecular formula is C23H30N4O3. The van der Waals surface area contributed by atoms with Gasteiger partial charge in [0, 0.05) is 18.2 Å². The van der Waals surface area contributed by atoms with E-state index in [4.69, 9.17) is 16.2 Å². The molecule has 0 aliphatic heterocycles. The summed E-state index contributed by atoms with van der Waals surface area (Å²) in [5.41, 5.74) is 12.2. The SMILES string of the molecule is CCCCN(C(=O)c1ccc(OC(=O)c2ccc(N=C(N)N)cc2)cc1)C(C)CC. The molecule has 0 aliphatic rings. The number of carbonyl (C=O) groups is 2. The highest BCUT2D eigenvalue weighted by atomic mass is 16.5. The summed E-state index contributed by atoms with van der Waals surface area (Å²) >= 11 is 0. The molecule has 2 aromatic carbocycles. The minimum Gasteiger partial charge on any atom is -0.423 e. The number of hydrogen-bond donors (Lipinski definition) is 2. The number of aliphatic imine (C=N–C) groups is 1. The van der Waals surface area contributed by atoms with Crippen LogP contribution in [0.3, 0.4) is 0 Å². The van der Waals surface area contributed by atoms with Gasteiger partial charge in [0.05, 0.1) is 11.3 Å². The molecule has 1 unspecified atom stereocenters. The Bertz CT molecular complexity index is 872. The molecule has 30 heavy (non-hydrogen) atoms. The molecule has 7 heteroatoms. The van der Waals surface area contributed by atoms with Crippen LogP contribution in [0.5, 0.6) is 5.75 Å². The second-order valence-corrected chi connectivity index (χ2v) is 7.11. The average Bonchev–Trinajstić information content (AvgIpc) is 2.74. The zero-order valence-corrected chi connectivity index (χ0v) is 17.8. The van der Waals surface area contributed by atoms with Gasteiger partial charge in [0.15, 0.2) is 5.96 Å². The summed E-state index contributed by atoms with van der Waals surface area (Å²) in [7, 11) is 0. The van der Waals surface area contributed by atoms with Crippen LogP contribution in [0, 0.1) is 0 Å². The first-order valence-corrected chi connectivity index (χ1v) is 10.2. The van der Waals surface area contributed by atoms with Crippen molar-refractivity contribution in [2.24, 2.45) is 16.5 Å². The van der Waals surface area contributed by atoms with E-state index in [2.05, 4.69) is 25.8 Å². The Hall–Kier alpha value is -3.35. The van der Waals surface area contributed by atoms with Crippen LogP contribution in [-0.4, -0.2) is 35.3 Å². The van der Waals surface area contributed by atoms with Crippen molar-refractivity contribution >= 4 is 23.5 Å². The Morgan fingerprint density at radius 1 is 1.00 bits per heavy atom. The molecule has 4 N–H and O–H groups in total. The van der Waals surface area contributed by atoms with Gasteiger partial charge in [-0.3, -0.25) is 4.79 Å². The maximum absolute atomic E-state index is 12.9. The minimum atomic E-state index is -0.505. The van der Waals surface area contributed by atoms with Crippen LogP contribution in [0.4, 0.5) is 5.69 Å². The average molecular weight is 411 g/mol. The quantitative estimate of drug-likeness (QED) is 0.282. The normalized spacial score (nSPS) is 11.4. The standard InChI is InChI=1S/C23H30N4O3/c1-4-6-15-27(16(3)5-2)21(28)17-9-13-20(14-10-17)30-22(29)18-7-11-19(12-8-18)26-23(24)25/h7-14,16H,4-6,15H2,1-3H3,(H4,24,25,26). The summed E-state index contributed by atoms with van der Waals surface area (Å²) in [6, 6.07) is 13.2. The Morgan fingerprint density at radius 3 is 2.13 bits per heavy atom. The van der Waals surface area contributed by atoms with Crippen molar-refractivity contribution in [2.45, 2.75) is 46.1 Å². The topological polar surface area (TPSA) is 111 Å². The van der Waals surface area contributed by atoms with Crippen molar-refractivity contribution in [3.05, 3.63) is 59.7 Å². The van der Waals surface area contributed by atoms with E-state index in [0.29, 0.717) is 22.6 Å². The first kappa shape index (κ1) is 22.9. The predicted molar refractivity (Wildman–Crippen MR) is 119 cm³/mol. The molecule has 0 bridgehead atoms. The van der Waals surface area contributed by atoms with Gasteiger partial charge in [-0.2, -0.15) is 0 Å². The van der Waals surface area contributed by atoms with Gasteiger partial charge < -0.3 is 21.1 Å². The molecule has 0 aromatic heterocycles. The second-order valence-electron chi connectivity index (χ2n) is 7.11. The fourth-order valence-electron chi connectivity index (χ4n) is 2.89. The number of unbranched alkanes of at least 4 members (excludes halogenated alkanes) is 1. The fourth-order valence-corrected chi connectivity index (χ4v) is 2.89. The van der Waals surface area contributed by atoms with E-state index in [0.717, 1.165) is 25.8 Å². The van der Waals surface area contributed by atoms with Gasteiger partial charge >= 0.3 is 5.97 Å². The fraction of sp³-hybridized carbons (Fsp3) is 0.348. The molecular weight excluding hydrogens is 380 g/mol. The first-order chi connectivity index (χ1) is 14.3. The second kappa shape index (κ2) is 11.0. The molecule has 1 amide bonds. The van der Waals surface area contributed by atoms with Crippen LogP contribution >= 0.6 is 0 Å². The lowest BCUT2D eigenvalue weighted by molar-refractivity contribution is 0.0685. The zero-order chi connectivity index (χ0) is 22.1. The number of ether oxygens (including phenoxy) is 1. The number of amides is 1. The molecule has 2 rings (SSSR count). The molecule has 7 nitrogen and oxygen atoms in total. The molecule has 160 valence electrons. The Labute approximate surface area is 177 Å². The summed E-state index contributed by atoms with van der Waals surface area (Å²) < 4.78 is 5.40. The van der Waals surface area contributed by atoms with E-state index in [9.17, 15) is 9.59 Å². The molecule has 0 saturated heterocycles. The van der Waals surface area contributed by atoms with Gasteiger partial charge in [0.25, 0.3) is 5.91 Å². The molecule has 2 aromatic rings. The van der Waals surface area contributed by atoms with Crippen LogP contribution in [0.2, 0.25) is 0 Å². The van der Waals surface area contributed by atoms with Crippen LogP contribution in [0.15, 0.2) is 53.5 Å². The summed E-state index contributed by atoms with van der Waals surface area (Å²) in [4.78, 5) is 31.1. The number of benzene rings is 2. The van der Waals surface area contributed by atoms with Gasteiger partial charge in [0.1, 0.15) is 5.75 Å². The van der Waals surface area contributed by atoms with Crippen LogP contribution in [-0.2, 0) is 0 Å². The number of rotatable bonds is 9. The van der Waals surface area contributed by atoms with E-state index in [-0.39, 0.29) is 17.9 Å². The highest BCUT2D eigenvalue weighted by Crippen LogP contribution is 2.19. The van der Waals surface area contributed by atoms with E-state index in [1.807, 2.05) is 4.90 Å². The third kappa shape index (κ3) is 6.34. The third-order valence-electron chi connectivity index (χ3n) is 4.81. The van der Waals surface area contributed by atoms with Crippen LogP contribution < -0.4 is 16.2 Å². The Balaban J connectivity index is 2.06. The smallest absolute Gasteiger partial charge is 0.343 e. The first-order valence-electron chi connectivity index (χ1n) is 10.2. The lowest BCUT2D eigenvalue weighted by Crippen LogP contribution is -2.39. The number of hydrogen-bond acceptors (Lipinski definition) is 4. The van der Waals surface area contributed by atoms with Gasteiger partial charge in [-0.25, -0.2) is 9.79 Å². The minimum absolute atomic E-state index is 0.00834. The van der Waals surface area contributed by atoms with E-state index in [1.165, 1.54) is 0 Å². The predicted octanol–water partition coefficient (Wildman–Crippen LogP) is 3.85. The summed E-state index contributed by atoms with van der Waals surface area (Å²) in [5, 5.41) is 0. The molecule has 0 fully saturated rings. The number of guanidine groups is 1. The molecule has 1 atom stereocenters. The lowest BCUT2D eigenvalue weighted by atomic mass is 10.1.